The highest BCUT2D eigenvalue weighted by atomic mass is 35.5. The Labute approximate surface area is 374 Å². The van der Waals surface area contributed by atoms with Crippen LogP contribution >= 0.6 is 23.2 Å². The summed E-state index contributed by atoms with van der Waals surface area (Å²) in [7, 11) is 5.94. The van der Waals surface area contributed by atoms with E-state index in [2.05, 4.69) is 15.6 Å². The molecule has 63 heavy (non-hydrogen) atoms. The zero-order valence-corrected chi connectivity index (χ0v) is 37.1. The van der Waals surface area contributed by atoms with E-state index in [1.165, 1.54) is 0 Å². The number of aliphatic carboxylic acids is 1. The number of hydrogen-bond acceptors (Lipinski definition) is 8. The van der Waals surface area contributed by atoms with E-state index in [1.807, 2.05) is 67.1 Å². The molecule has 1 aliphatic rings. The minimum Gasteiger partial charge on any atom is -0.481 e. The lowest BCUT2D eigenvalue weighted by Gasteiger charge is -2.45. The lowest BCUT2D eigenvalue weighted by molar-refractivity contribution is -0.164. The van der Waals surface area contributed by atoms with Gasteiger partial charge in [0, 0.05) is 41.7 Å². The number of carboxylic acid groups (broad SMARTS) is 1. The van der Waals surface area contributed by atoms with Gasteiger partial charge < -0.3 is 40.0 Å². The van der Waals surface area contributed by atoms with Crippen molar-refractivity contribution in [2.45, 2.75) is 76.2 Å². The largest absolute Gasteiger partial charge is 0.481 e. The second kappa shape index (κ2) is 21.5. The summed E-state index contributed by atoms with van der Waals surface area (Å²) in [6, 6.07) is 18.1. The van der Waals surface area contributed by atoms with Crippen molar-refractivity contribution in [2.75, 3.05) is 33.8 Å². The van der Waals surface area contributed by atoms with E-state index < -0.39 is 72.7 Å². The number of aliphatic hydroxyl groups excluding tert-OH is 1. The van der Waals surface area contributed by atoms with Gasteiger partial charge in [0.2, 0.25) is 17.7 Å². The fraction of sp³-hybridized carbons (Fsp3) is 0.444. The molecule has 1 saturated heterocycles. The lowest BCUT2D eigenvalue weighted by atomic mass is 9.82. The molecule has 0 saturated carbocycles. The van der Waals surface area contributed by atoms with Crippen LogP contribution < -0.4 is 15.4 Å². The Morgan fingerprint density at radius 3 is 2.32 bits per heavy atom. The number of aromatic nitrogens is 2. The molecule has 2 heterocycles. The van der Waals surface area contributed by atoms with Gasteiger partial charge in [-0.1, -0.05) is 48.3 Å². The number of hydrogen-bond donors (Lipinski definition) is 4. The lowest BCUT2D eigenvalue weighted by Crippen LogP contribution is -2.64. The zero-order valence-electron chi connectivity index (χ0n) is 35.6. The number of rotatable bonds is 19. The number of benzene rings is 3. The summed E-state index contributed by atoms with van der Waals surface area (Å²) in [5.74, 6) is -4.33. The molecule has 13 nitrogen and oxygen atoms in total. The van der Waals surface area contributed by atoms with Crippen molar-refractivity contribution in [3.63, 3.8) is 0 Å². The second-order valence-corrected chi connectivity index (χ2v) is 17.3. The van der Waals surface area contributed by atoms with Crippen LogP contribution in [0, 0.1) is 11.8 Å². The molecule has 4 aromatic rings. The fourth-order valence-corrected chi connectivity index (χ4v) is 8.04. The Morgan fingerprint density at radius 1 is 1.00 bits per heavy atom. The van der Waals surface area contributed by atoms with Gasteiger partial charge in [-0.3, -0.25) is 19.2 Å². The van der Waals surface area contributed by atoms with Crippen LogP contribution in [0.5, 0.6) is 11.5 Å². The number of aryl methyl sites for hydroxylation is 1. The molecule has 1 aliphatic heterocycles. The fourth-order valence-electron chi connectivity index (χ4n) is 7.75. The van der Waals surface area contributed by atoms with E-state index in [-0.39, 0.29) is 32.4 Å². The Bertz CT molecular complexity index is 2220. The molecule has 0 bridgehead atoms. The number of halogens is 5. The van der Waals surface area contributed by atoms with Gasteiger partial charge in [-0.25, -0.2) is 4.98 Å². The standard InChI is InChI=1S/C45H53Cl2F3N6O7/c1-28(6-9-31-10-15-34(47)21-38(31)63-35-16-11-30(12-17-35)37-24-51-39(55(37)4)25-54(2)3)41(60)52-36(26-57)42(61)53-44(22-29-7-13-33(46)14-8-29)18-5-19-56(27-44)43(62)32(20-40(58)59)23-45(48,49)50/h7-8,10-17,21,24,28,32,36,57H,5-6,9,18-20,22-23,25-27H2,1-4H3,(H,52,60)(H,53,61)(H,58,59)/t28-,32+,36+,44-/m1/s1. The third-order valence-electron chi connectivity index (χ3n) is 11.0. The minimum absolute atomic E-state index is 0.0413. The smallest absolute Gasteiger partial charge is 0.389 e. The van der Waals surface area contributed by atoms with Crippen molar-refractivity contribution in [3.8, 4) is 22.8 Å². The van der Waals surface area contributed by atoms with E-state index in [1.54, 1.807) is 43.3 Å². The number of alkyl halides is 3. The molecule has 0 aliphatic carbocycles. The first kappa shape index (κ1) is 48.9. The highest BCUT2D eigenvalue weighted by molar-refractivity contribution is 6.31. The van der Waals surface area contributed by atoms with Crippen molar-refractivity contribution in [1.29, 1.82) is 0 Å². The first-order valence-electron chi connectivity index (χ1n) is 20.5. The van der Waals surface area contributed by atoms with Crippen LogP contribution in [0.3, 0.4) is 0 Å². The van der Waals surface area contributed by atoms with Gasteiger partial charge in [-0.15, -0.1) is 0 Å². The van der Waals surface area contributed by atoms with E-state index in [0.717, 1.165) is 27.5 Å². The van der Waals surface area contributed by atoms with Gasteiger partial charge in [0.05, 0.1) is 49.3 Å². The van der Waals surface area contributed by atoms with E-state index in [4.69, 9.17) is 27.9 Å². The van der Waals surface area contributed by atoms with Crippen molar-refractivity contribution < 1.29 is 47.3 Å². The number of imidazole rings is 1. The Kier molecular flexibility index (Phi) is 16.7. The highest BCUT2D eigenvalue weighted by Gasteiger charge is 2.44. The summed E-state index contributed by atoms with van der Waals surface area (Å²) in [4.78, 5) is 60.2. The van der Waals surface area contributed by atoms with Crippen LogP contribution in [0.1, 0.15) is 56.0 Å². The van der Waals surface area contributed by atoms with Crippen molar-refractivity contribution in [1.82, 2.24) is 30.0 Å². The summed E-state index contributed by atoms with van der Waals surface area (Å²) in [5.41, 5.74) is 2.12. The maximum Gasteiger partial charge on any atom is 0.389 e. The minimum atomic E-state index is -4.79. The third kappa shape index (κ3) is 13.9. The van der Waals surface area contributed by atoms with Gasteiger partial charge >= 0.3 is 12.1 Å². The maximum absolute atomic E-state index is 13.9. The molecular formula is C45H53Cl2F3N6O7. The van der Waals surface area contributed by atoms with Crippen LogP contribution in [0.15, 0.2) is 72.9 Å². The topological polar surface area (TPSA) is 166 Å². The zero-order chi connectivity index (χ0) is 46.1. The number of piperidine rings is 1. The van der Waals surface area contributed by atoms with Crippen molar-refractivity contribution >= 4 is 46.9 Å². The molecule has 18 heteroatoms. The summed E-state index contributed by atoms with van der Waals surface area (Å²) >= 11 is 12.5. The molecule has 4 N–H and O–H groups in total. The van der Waals surface area contributed by atoms with Crippen LogP contribution in [0.2, 0.25) is 10.0 Å². The molecule has 3 amide bonds. The Morgan fingerprint density at radius 2 is 1.68 bits per heavy atom. The van der Waals surface area contributed by atoms with Crippen LogP contribution in [-0.4, -0.2) is 105 Å². The summed E-state index contributed by atoms with van der Waals surface area (Å²) in [5, 5.41) is 26.1. The van der Waals surface area contributed by atoms with Gasteiger partial charge in [-0.2, -0.15) is 13.2 Å². The Hall–Kier alpha value is -5.16. The normalized spacial score (nSPS) is 16.9. The Balaban J connectivity index is 1.25. The molecule has 0 radical (unpaired) electrons. The SMILES string of the molecule is C[C@H](CCc1ccc(Cl)cc1Oc1ccc(-c2cnc(CN(C)C)n2C)cc1)C(=O)N[C@@H](CO)C(=O)N[C@@]1(Cc2ccc(Cl)cc2)CCCN(C(=O)[C@@H](CC(=O)O)CC(F)(F)F)C1. The molecule has 0 spiro atoms. The summed E-state index contributed by atoms with van der Waals surface area (Å²) in [6.45, 7) is 1.40. The molecule has 340 valence electrons. The van der Waals surface area contributed by atoms with Crippen LogP contribution in [-0.2, 0) is 45.6 Å². The molecule has 3 aromatic carbocycles. The first-order valence-corrected chi connectivity index (χ1v) is 21.3. The average Bonchev–Trinajstić information content (AvgIpc) is 3.57. The molecular weight excluding hydrogens is 864 g/mol. The number of carbonyl (C=O) groups is 4. The molecule has 5 rings (SSSR count). The van der Waals surface area contributed by atoms with Crippen molar-refractivity contribution in [2.24, 2.45) is 18.9 Å². The number of likely N-dealkylation sites (tertiary alicyclic amines) is 1. The molecule has 4 atom stereocenters. The monoisotopic (exact) mass is 916 g/mol. The molecule has 1 aromatic heterocycles. The first-order chi connectivity index (χ1) is 29.7. The molecule has 0 unspecified atom stereocenters. The number of carbonyl (C=O) groups excluding carboxylic acids is 3. The number of aliphatic hydroxyl groups is 1. The van der Waals surface area contributed by atoms with Crippen LogP contribution in [0.4, 0.5) is 13.2 Å². The predicted molar refractivity (Wildman–Crippen MR) is 232 cm³/mol. The number of nitrogens with one attached hydrogen (secondary N) is 2. The van der Waals surface area contributed by atoms with Gasteiger partial charge in [0.15, 0.2) is 0 Å². The number of ether oxygens (including phenoxy) is 1. The third-order valence-corrected chi connectivity index (χ3v) is 11.5. The average molecular weight is 918 g/mol. The molecule has 1 fully saturated rings. The number of nitrogens with zero attached hydrogens (tertiary/aromatic N) is 4. The van der Waals surface area contributed by atoms with Crippen molar-refractivity contribution in [3.05, 3.63) is 99.9 Å². The quantitative estimate of drug-likeness (QED) is 0.0771. The summed E-state index contributed by atoms with van der Waals surface area (Å²) < 4.78 is 48.7. The van der Waals surface area contributed by atoms with Crippen LogP contribution in [0.25, 0.3) is 11.3 Å². The van der Waals surface area contributed by atoms with E-state index in [9.17, 15) is 42.6 Å². The van der Waals surface area contributed by atoms with Gasteiger partial charge in [-0.05, 0) is 106 Å². The highest BCUT2D eigenvalue weighted by Crippen LogP contribution is 2.34. The van der Waals surface area contributed by atoms with E-state index >= 15 is 0 Å². The van der Waals surface area contributed by atoms with E-state index in [0.29, 0.717) is 46.5 Å². The number of amides is 3. The summed E-state index contributed by atoms with van der Waals surface area (Å²) in [6.07, 6.45) is -4.21. The van der Waals surface area contributed by atoms with Gasteiger partial charge in [0.25, 0.3) is 0 Å². The number of carboxylic acids is 1. The van der Waals surface area contributed by atoms with Gasteiger partial charge in [0.1, 0.15) is 23.4 Å². The second-order valence-electron chi connectivity index (χ2n) is 16.5. The maximum atomic E-state index is 13.9. The predicted octanol–water partition coefficient (Wildman–Crippen LogP) is 7.06.